The first-order chi connectivity index (χ1) is 8.38. The molecule has 0 radical (unpaired) electrons. The van der Waals surface area contributed by atoms with Crippen molar-refractivity contribution in [3.63, 3.8) is 0 Å². The first-order valence-corrected chi connectivity index (χ1v) is 8.20. The van der Waals surface area contributed by atoms with Crippen LogP contribution >= 0.6 is 27.5 Å². The molecule has 0 spiro atoms. The van der Waals surface area contributed by atoms with E-state index in [1.807, 2.05) is 7.05 Å². The van der Waals surface area contributed by atoms with Crippen LogP contribution in [0.15, 0.2) is 27.6 Å². The summed E-state index contributed by atoms with van der Waals surface area (Å²) in [4.78, 5) is 2.22. The van der Waals surface area contributed by atoms with E-state index < -0.39 is 10.0 Å². The first kappa shape index (κ1) is 14.3. The second kappa shape index (κ2) is 5.46. The van der Waals surface area contributed by atoms with Crippen molar-refractivity contribution in [3.05, 3.63) is 27.7 Å². The van der Waals surface area contributed by atoms with Crippen LogP contribution in [0.3, 0.4) is 0 Å². The quantitative estimate of drug-likeness (QED) is 0.905. The molecular weight excluding hydrogens is 340 g/mol. The Hall–Kier alpha value is -0.140. The molecule has 1 unspecified atom stereocenters. The van der Waals surface area contributed by atoms with Crippen LogP contribution < -0.4 is 4.72 Å². The maximum absolute atomic E-state index is 12.2. The van der Waals surface area contributed by atoms with Gasteiger partial charge in [0.25, 0.3) is 0 Å². The molecule has 1 fully saturated rings. The van der Waals surface area contributed by atoms with Gasteiger partial charge in [-0.1, -0.05) is 27.5 Å². The molecule has 0 amide bonds. The lowest BCUT2D eigenvalue weighted by atomic mass is 10.3. The smallest absolute Gasteiger partial charge is 0.242 e. The molecule has 0 saturated carbocycles. The molecule has 1 saturated heterocycles. The van der Waals surface area contributed by atoms with E-state index in [0.717, 1.165) is 24.0 Å². The zero-order valence-corrected chi connectivity index (χ0v) is 13.0. The Morgan fingerprint density at radius 1 is 1.50 bits per heavy atom. The molecule has 7 heteroatoms. The van der Waals surface area contributed by atoms with E-state index in [0.29, 0.717) is 0 Å². The maximum Gasteiger partial charge on any atom is 0.242 e. The summed E-state index contributed by atoms with van der Waals surface area (Å²) in [5.41, 5.74) is 0. The number of halogens is 2. The van der Waals surface area contributed by atoms with E-state index in [-0.39, 0.29) is 16.0 Å². The van der Waals surface area contributed by atoms with Gasteiger partial charge in [-0.25, -0.2) is 13.1 Å². The Bertz CT molecular complexity index is 550. The highest BCUT2D eigenvalue weighted by Crippen LogP contribution is 2.25. The van der Waals surface area contributed by atoms with E-state index in [1.54, 1.807) is 12.1 Å². The standard InChI is InChI=1S/C11H14BrClN2O2S/c1-15-5-4-9(7-15)14-18(16,17)11-3-2-8(12)6-10(11)13/h2-3,6,9,14H,4-5,7H2,1H3. The number of hydrogen-bond acceptors (Lipinski definition) is 3. The summed E-state index contributed by atoms with van der Waals surface area (Å²) in [6, 6.07) is 4.71. The number of nitrogens with zero attached hydrogens (tertiary/aromatic N) is 1. The number of likely N-dealkylation sites (N-methyl/N-ethyl adjacent to an activating group) is 1. The van der Waals surface area contributed by atoms with Crippen LogP contribution in [0.1, 0.15) is 6.42 Å². The maximum atomic E-state index is 12.2. The van der Waals surface area contributed by atoms with Crippen molar-refractivity contribution in [3.8, 4) is 0 Å². The molecular formula is C11H14BrClN2O2S. The highest BCUT2D eigenvalue weighted by Gasteiger charge is 2.26. The van der Waals surface area contributed by atoms with Crippen LogP contribution in [0.25, 0.3) is 0 Å². The lowest BCUT2D eigenvalue weighted by Gasteiger charge is -2.14. The average Bonchev–Trinajstić information content (AvgIpc) is 2.62. The van der Waals surface area contributed by atoms with Gasteiger partial charge in [-0.3, -0.25) is 0 Å². The third-order valence-electron chi connectivity index (χ3n) is 2.90. The van der Waals surface area contributed by atoms with Crippen LogP contribution in [-0.4, -0.2) is 39.5 Å². The minimum absolute atomic E-state index is 0.0419. The minimum atomic E-state index is -3.54. The Morgan fingerprint density at radius 3 is 2.78 bits per heavy atom. The molecule has 1 heterocycles. The van der Waals surface area contributed by atoms with Gasteiger partial charge >= 0.3 is 0 Å². The van der Waals surface area contributed by atoms with E-state index in [2.05, 4.69) is 25.6 Å². The highest BCUT2D eigenvalue weighted by atomic mass is 79.9. The molecule has 0 aliphatic carbocycles. The molecule has 0 bridgehead atoms. The summed E-state index contributed by atoms with van der Waals surface area (Å²) in [5.74, 6) is 0. The summed E-state index contributed by atoms with van der Waals surface area (Å²) in [6.45, 7) is 1.63. The molecule has 1 N–H and O–H groups in total. The zero-order chi connectivity index (χ0) is 13.3. The number of hydrogen-bond donors (Lipinski definition) is 1. The number of likely N-dealkylation sites (tertiary alicyclic amines) is 1. The summed E-state index contributed by atoms with van der Waals surface area (Å²) in [5, 5.41) is 0.225. The number of nitrogens with one attached hydrogen (secondary N) is 1. The van der Waals surface area contributed by atoms with E-state index in [9.17, 15) is 8.42 Å². The van der Waals surface area contributed by atoms with Crippen LogP contribution in [0.2, 0.25) is 5.02 Å². The van der Waals surface area contributed by atoms with Gasteiger partial charge in [-0.05, 0) is 38.2 Å². The van der Waals surface area contributed by atoms with Crippen molar-refractivity contribution in [2.45, 2.75) is 17.4 Å². The van der Waals surface area contributed by atoms with Crippen molar-refractivity contribution in [1.29, 1.82) is 0 Å². The third kappa shape index (κ3) is 3.24. The molecule has 0 aromatic heterocycles. The summed E-state index contributed by atoms with van der Waals surface area (Å²) in [7, 11) is -1.57. The van der Waals surface area contributed by atoms with Gasteiger partial charge in [-0.15, -0.1) is 0 Å². The molecule has 1 aromatic rings. The number of benzene rings is 1. The molecule has 18 heavy (non-hydrogen) atoms. The molecule has 2 rings (SSSR count). The number of rotatable bonds is 3. The van der Waals surface area contributed by atoms with Gasteiger partial charge in [0.05, 0.1) is 5.02 Å². The van der Waals surface area contributed by atoms with Crippen LogP contribution in [0.5, 0.6) is 0 Å². The van der Waals surface area contributed by atoms with Gasteiger partial charge in [0, 0.05) is 17.1 Å². The van der Waals surface area contributed by atoms with E-state index >= 15 is 0 Å². The van der Waals surface area contributed by atoms with Gasteiger partial charge in [0.1, 0.15) is 4.90 Å². The van der Waals surface area contributed by atoms with Crippen molar-refractivity contribution < 1.29 is 8.42 Å². The summed E-state index contributed by atoms with van der Waals surface area (Å²) < 4.78 is 27.8. The van der Waals surface area contributed by atoms with E-state index in [4.69, 9.17) is 11.6 Å². The van der Waals surface area contributed by atoms with Crippen molar-refractivity contribution in [1.82, 2.24) is 9.62 Å². The minimum Gasteiger partial charge on any atom is -0.305 e. The molecule has 1 aliphatic rings. The first-order valence-electron chi connectivity index (χ1n) is 5.54. The highest BCUT2D eigenvalue weighted by molar-refractivity contribution is 9.10. The normalized spacial score (nSPS) is 21.4. The second-order valence-corrected chi connectivity index (χ2v) is 7.45. The lowest BCUT2D eigenvalue weighted by Crippen LogP contribution is -2.36. The number of sulfonamides is 1. The summed E-state index contributed by atoms with van der Waals surface area (Å²) >= 11 is 9.22. The van der Waals surface area contributed by atoms with Crippen molar-refractivity contribution in [2.75, 3.05) is 20.1 Å². The summed E-state index contributed by atoms with van der Waals surface area (Å²) in [6.07, 6.45) is 0.823. The second-order valence-electron chi connectivity index (χ2n) is 4.44. The van der Waals surface area contributed by atoms with Gasteiger partial charge in [0.15, 0.2) is 0 Å². The lowest BCUT2D eigenvalue weighted by molar-refractivity contribution is 0.407. The Morgan fingerprint density at radius 2 is 2.22 bits per heavy atom. The van der Waals surface area contributed by atoms with Crippen LogP contribution in [0.4, 0.5) is 0 Å². The van der Waals surface area contributed by atoms with E-state index in [1.165, 1.54) is 6.07 Å². The van der Waals surface area contributed by atoms with Gasteiger partial charge in [-0.2, -0.15) is 0 Å². The fourth-order valence-electron chi connectivity index (χ4n) is 2.01. The van der Waals surface area contributed by atoms with Crippen LogP contribution in [-0.2, 0) is 10.0 Å². The predicted octanol–water partition coefficient (Wildman–Crippen LogP) is 2.08. The molecule has 100 valence electrons. The third-order valence-corrected chi connectivity index (χ3v) is 5.39. The van der Waals surface area contributed by atoms with Gasteiger partial charge < -0.3 is 4.90 Å². The van der Waals surface area contributed by atoms with Crippen molar-refractivity contribution >= 4 is 37.6 Å². The average molecular weight is 354 g/mol. The Kier molecular flexibility index (Phi) is 4.33. The molecule has 1 atom stereocenters. The molecule has 4 nitrogen and oxygen atoms in total. The monoisotopic (exact) mass is 352 g/mol. The predicted molar refractivity (Wildman–Crippen MR) is 75.4 cm³/mol. The fourth-order valence-corrected chi connectivity index (χ4v) is 4.31. The van der Waals surface area contributed by atoms with Gasteiger partial charge in [0.2, 0.25) is 10.0 Å². The topological polar surface area (TPSA) is 49.4 Å². The van der Waals surface area contributed by atoms with Crippen molar-refractivity contribution in [2.24, 2.45) is 0 Å². The van der Waals surface area contributed by atoms with Crippen LogP contribution in [0, 0.1) is 0 Å². The molecule has 1 aliphatic heterocycles. The Balaban J connectivity index is 2.20. The molecule has 1 aromatic carbocycles. The fraction of sp³-hybridized carbons (Fsp3) is 0.455. The Labute approximate surface area is 120 Å². The SMILES string of the molecule is CN1CCC(NS(=O)(=O)c2ccc(Br)cc2Cl)C1. The zero-order valence-electron chi connectivity index (χ0n) is 9.86. The largest absolute Gasteiger partial charge is 0.305 e.